The van der Waals surface area contributed by atoms with E-state index in [2.05, 4.69) is 17.7 Å². The zero-order valence-electron chi connectivity index (χ0n) is 5.19. The van der Waals surface area contributed by atoms with Crippen LogP contribution in [-0.4, -0.2) is 10.7 Å². The second kappa shape index (κ2) is 3.29. The predicted octanol–water partition coefficient (Wildman–Crippen LogP) is 1.72. The van der Waals surface area contributed by atoms with Gasteiger partial charge in [0.2, 0.25) is 0 Å². The molecule has 0 aliphatic carbocycles. The highest BCUT2D eigenvalue weighted by Crippen LogP contribution is 2.07. The third kappa shape index (κ3) is 1.52. The van der Waals surface area contributed by atoms with E-state index in [0.717, 1.165) is 5.06 Å². The Labute approximate surface area is 64.7 Å². The Morgan fingerprint density at radius 3 is 2.40 bits per heavy atom. The smallest absolute Gasteiger partial charge is 0.169 e. The van der Waals surface area contributed by atoms with Crippen LogP contribution in [0.3, 0.4) is 0 Å². The van der Waals surface area contributed by atoms with E-state index < -0.39 is 0 Å². The van der Waals surface area contributed by atoms with Crippen LogP contribution in [0.4, 0.5) is 5.69 Å². The molecule has 0 aliphatic rings. The van der Waals surface area contributed by atoms with Gasteiger partial charge in [0.05, 0.1) is 5.69 Å². The van der Waals surface area contributed by atoms with Gasteiger partial charge in [-0.2, -0.15) is 0 Å². The first-order chi connectivity index (χ1) is 4.84. The molecule has 3 heteroatoms. The van der Waals surface area contributed by atoms with Gasteiger partial charge >= 0.3 is 0 Å². The van der Waals surface area contributed by atoms with Gasteiger partial charge in [-0.05, 0) is 12.1 Å². The summed E-state index contributed by atoms with van der Waals surface area (Å²) in [5.74, 6) is 0. The lowest BCUT2D eigenvalue weighted by Gasteiger charge is -2.06. The van der Waals surface area contributed by atoms with Crippen molar-refractivity contribution in [3.05, 3.63) is 30.3 Å². The Bertz CT molecular complexity index is 212. The Morgan fingerprint density at radius 2 is 1.90 bits per heavy atom. The van der Waals surface area contributed by atoms with E-state index in [-0.39, 0.29) is 0 Å². The molecule has 1 N–H and O–H groups in total. The fourth-order valence-electron chi connectivity index (χ4n) is 0.622. The highest BCUT2D eigenvalue weighted by molar-refractivity contribution is 7.79. The van der Waals surface area contributed by atoms with E-state index in [4.69, 9.17) is 5.21 Å². The van der Waals surface area contributed by atoms with Crippen molar-refractivity contribution in [3.8, 4) is 0 Å². The first-order valence-electron chi connectivity index (χ1n) is 2.76. The number of hydroxylamine groups is 1. The van der Waals surface area contributed by atoms with Gasteiger partial charge < -0.3 is 0 Å². The summed E-state index contributed by atoms with van der Waals surface area (Å²) in [5.41, 5.74) is 2.78. The minimum atomic E-state index is 0.623. The van der Waals surface area contributed by atoms with Crippen molar-refractivity contribution in [1.82, 2.24) is 0 Å². The number of para-hydroxylation sites is 1. The molecule has 0 heterocycles. The first-order valence-corrected chi connectivity index (χ1v) is 3.17. The number of hydrogen-bond donors (Lipinski definition) is 1. The number of hydrogen-bond acceptors (Lipinski definition) is 2. The SMILES string of the molecule is ON([C]=S)c1ccccc1. The first kappa shape index (κ1) is 7.18. The number of anilines is 1. The molecule has 1 aromatic carbocycles. The average molecular weight is 152 g/mol. The molecule has 0 atom stereocenters. The lowest BCUT2D eigenvalue weighted by atomic mass is 10.3. The third-order valence-electron chi connectivity index (χ3n) is 1.09. The average Bonchev–Trinajstić information content (AvgIpc) is 2.05. The molecule has 0 bridgehead atoms. The monoisotopic (exact) mass is 152 g/mol. The maximum absolute atomic E-state index is 8.95. The Morgan fingerprint density at radius 1 is 1.30 bits per heavy atom. The number of rotatable bonds is 2. The minimum absolute atomic E-state index is 0.623. The van der Waals surface area contributed by atoms with Gasteiger partial charge in [-0.1, -0.05) is 30.4 Å². The van der Waals surface area contributed by atoms with Crippen LogP contribution in [0.2, 0.25) is 0 Å². The lowest BCUT2D eigenvalue weighted by Crippen LogP contribution is -2.12. The summed E-state index contributed by atoms with van der Waals surface area (Å²) >= 11 is 4.38. The van der Waals surface area contributed by atoms with E-state index >= 15 is 0 Å². The van der Waals surface area contributed by atoms with Crippen molar-refractivity contribution in [2.75, 3.05) is 5.06 Å². The van der Waals surface area contributed by atoms with E-state index in [9.17, 15) is 0 Å². The largest absolute Gasteiger partial charge is 0.283 e. The van der Waals surface area contributed by atoms with Crippen molar-refractivity contribution < 1.29 is 5.21 Å². The van der Waals surface area contributed by atoms with Crippen LogP contribution >= 0.6 is 12.2 Å². The van der Waals surface area contributed by atoms with E-state index in [1.165, 1.54) is 0 Å². The Kier molecular flexibility index (Phi) is 2.36. The fourth-order valence-corrected chi connectivity index (χ4v) is 0.727. The maximum atomic E-state index is 8.95. The topological polar surface area (TPSA) is 23.5 Å². The molecular formula is C7H6NOS. The van der Waals surface area contributed by atoms with E-state index in [1.807, 2.05) is 18.2 Å². The maximum Gasteiger partial charge on any atom is 0.169 e. The van der Waals surface area contributed by atoms with Crippen molar-refractivity contribution in [2.45, 2.75) is 0 Å². The second-order valence-electron chi connectivity index (χ2n) is 1.74. The normalized spacial score (nSPS) is 8.90. The van der Waals surface area contributed by atoms with Crippen LogP contribution in [0.25, 0.3) is 0 Å². The third-order valence-corrected chi connectivity index (χ3v) is 1.26. The van der Waals surface area contributed by atoms with Gasteiger partial charge in [-0.25, -0.2) is 5.06 Å². The molecule has 51 valence electrons. The van der Waals surface area contributed by atoms with Crippen molar-refractivity contribution in [2.24, 2.45) is 0 Å². The number of benzene rings is 1. The molecule has 1 aromatic rings. The van der Waals surface area contributed by atoms with Crippen molar-refractivity contribution >= 4 is 23.4 Å². The fraction of sp³-hybridized carbons (Fsp3) is 0. The summed E-state index contributed by atoms with van der Waals surface area (Å²) < 4.78 is 0. The zero-order chi connectivity index (χ0) is 7.40. The number of nitrogens with zero attached hydrogens (tertiary/aromatic N) is 1. The lowest BCUT2D eigenvalue weighted by molar-refractivity contribution is 0.319. The zero-order valence-corrected chi connectivity index (χ0v) is 6.01. The van der Waals surface area contributed by atoms with Crippen molar-refractivity contribution in [1.29, 1.82) is 0 Å². The van der Waals surface area contributed by atoms with Gasteiger partial charge in [0.1, 0.15) is 0 Å². The molecule has 0 unspecified atom stereocenters. The van der Waals surface area contributed by atoms with Gasteiger partial charge in [0.15, 0.2) is 5.49 Å². The minimum Gasteiger partial charge on any atom is -0.283 e. The molecule has 1 rings (SSSR count). The summed E-state index contributed by atoms with van der Waals surface area (Å²) in [6.07, 6.45) is 0. The molecule has 0 amide bonds. The van der Waals surface area contributed by atoms with Crippen molar-refractivity contribution in [3.63, 3.8) is 0 Å². The van der Waals surface area contributed by atoms with Crippen LogP contribution < -0.4 is 5.06 Å². The summed E-state index contributed by atoms with van der Waals surface area (Å²) in [6, 6.07) is 8.95. The quantitative estimate of drug-likeness (QED) is 0.396. The summed E-state index contributed by atoms with van der Waals surface area (Å²) in [4.78, 5) is 0. The van der Waals surface area contributed by atoms with E-state index in [1.54, 1.807) is 12.1 Å². The van der Waals surface area contributed by atoms with Crippen LogP contribution in [0.1, 0.15) is 0 Å². The summed E-state index contributed by atoms with van der Waals surface area (Å²) in [5, 5.41) is 9.72. The predicted molar refractivity (Wildman–Crippen MR) is 43.3 cm³/mol. The Balaban J connectivity index is 2.84. The molecular weight excluding hydrogens is 146 g/mol. The molecule has 0 aromatic heterocycles. The Hall–Kier alpha value is -0.930. The van der Waals surface area contributed by atoms with Crippen LogP contribution in [0.5, 0.6) is 0 Å². The molecule has 0 spiro atoms. The molecule has 1 radical (unpaired) electrons. The van der Waals surface area contributed by atoms with Gasteiger partial charge in [0.25, 0.3) is 0 Å². The van der Waals surface area contributed by atoms with Gasteiger partial charge in [-0.15, -0.1) is 0 Å². The van der Waals surface area contributed by atoms with Gasteiger partial charge in [0, 0.05) is 0 Å². The molecule has 0 aliphatic heterocycles. The molecule has 0 saturated heterocycles. The molecule has 2 nitrogen and oxygen atoms in total. The van der Waals surface area contributed by atoms with E-state index in [0.29, 0.717) is 5.69 Å². The highest BCUT2D eigenvalue weighted by Gasteiger charge is 1.94. The number of thiocarbonyl (C=S) groups is 1. The van der Waals surface area contributed by atoms with Gasteiger partial charge in [-0.3, -0.25) is 5.21 Å². The van der Waals surface area contributed by atoms with Crippen LogP contribution in [0.15, 0.2) is 30.3 Å². The summed E-state index contributed by atoms with van der Waals surface area (Å²) in [7, 11) is 0. The highest BCUT2D eigenvalue weighted by atomic mass is 32.1. The standard InChI is InChI=1S/C7H6NOS/c9-8(6-10)7-4-2-1-3-5-7/h1-5,9H. The van der Waals surface area contributed by atoms with Crippen LogP contribution in [0, 0.1) is 0 Å². The van der Waals surface area contributed by atoms with Crippen LogP contribution in [-0.2, 0) is 0 Å². The second-order valence-corrected chi connectivity index (χ2v) is 1.92. The molecule has 0 saturated carbocycles. The molecule has 0 fully saturated rings. The summed E-state index contributed by atoms with van der Waals surface area (Å²) in [6.45, 7) is 0. The molecule has 10 heavy (non-hydrogen) atoms.